The van der Waals surface area contributed by atoms with Gasteiger partial charge in [0, 0.05) is 12.7 Å². The Labute approximate surface area is 99.5 Å². The lowest BCUT2D eigenvalue weighted by molar-refractivity contribution is 0.0614. The monoisotopic (exact) mass is 236 g/mol. The molecular weight excluding hydrogens is 220 g/mol. The average Bonchev–Trinajstić information content (AvgIpc) is 2.75. The lowest BCUT2D eigenvalue weighted by Crippen LogP contribution is -2.33. The Balaban J connectivity index is 1.99. The first-order valence-corrected chi connectivity index (χ1v) is 5.75. The smallest absolute Gasteiger partial charge is 0.335 e. The van der Waals surface area contributed by atoms with E-state index >= 15 is 0 Å². The van der Waals surface area contributed by atoms with Gasteiger partial charge >= 0.3 is 5.97 Å². The average molecular weight is 236 g/mol. The van der Waals surface area contributed by atoms with Gasteiger partial charge in [0.15, 0.2) is 0 Å². The van der Waals surface area contributed by atoms with Crippen molar-refractivity contribution in [2.45, 2.75) is 31.3 Å². The predicted octanol–water partition coefficient (Wildman–Crippen LogP) is 1.50. The highest BCUT2D eigenvalue weighted by Crippen LogP contribution is 2.29. The van der Waals surface area contributed by atoms with Gasteiger partial charge in [0.05, 0.1) is 11.2 Å². The molecule has 1 heterocycles. The van der Waals surface area contributed by atoms with E-state index in [9.17, 15) is 9.90 Å². The molecule has 1 aliphatic rings. The summed E-state index contributed by atoms with van der Waals surface area (Å²) in [6.45, 7) is 0.420. The van der Waals surface area contributed by atoms with Crippen LogP contribution in [0.2, 0.25) is 0 Å². The van der Waals surface area contributed by atoms with Crippen LogP contribution in [-0.4, -0.2) is 33.3 Å². The molecule has 0 radical (unpaired) electrons. The molecule has 17 heavy (non-hydrogen) atoms. The molecule has 0 unspecified atom stereocenters. The van der Waals surface area contributed by atoms with Crippen molar-refractivity contribution < 1.29 is 15.0 Å². The number of hydrogen-bond acceptors (Lipinski definition) is 4. The second kappa shape index (κ2) is 4.71. The molecule has 1 aliphatic carbocycles. The van der Waals surface area contributed by atoms with Gasteiger partial charge in [0.1, 0.15) is 5.82 Å². The van der Waals surface area contributed by atoms with E-state index in [1.807, 2.05) is 0 Å². The van der Waals surface area contributed by atoms with E-state index in [0.29, 0.717) is 12.4 Å². The van der Waals surface area contributed by atoms with Crippen LogP contribution < -0.4 is 5.32 Å². The summed E-state index contributed by atoms with van der Waals surface area (Å²) in [6, 6.07) is 2.92. The first kappa shape index (κ1) is 11.9. The number of nitrogens with zero attached hydrogens (tertiary/aromatic N) is 1. The fourth-order valence-corrected chi connectivity index (χ4v) is 2.13. The molecule has 5 nitrogen and oxygen atoms in total. The van der Waals surface area contributed by atoms with E-state index < -0.39 is 11.6 Å². The number of carboxylic acid groups (broad SMARTS) is 1. The third-order valence-corrected chi connectivity index (χ3v) is 3.14. The standard InChI is InChI=1S/C12H16N2O3/c15-11(16)9-3-6-13-10(7-9)14-8-12(17)4-1-2-5-12/h3,6-7,17H,1-2,4-5,8H2,(H,13,14)(H,15,16). The number of pyridine rings is 1. The minimum atomic E-state index is -0.977. The molecule has 0 aromatic carbocycles. The van der Waals surface area contributed by atoms with Crippen molar-refractivity contribution in [3.05, 3.63) is 23.9 Å². The van der Waals surface area contributed by atoms with Crippen molar-refractivity contribution >= 4 is 11.8 Å². The number of aliphatic hydroxyl groups is 1. The maximum absolute atomic E-state index is 10.8. The second-order valence-electron chi connectivity index (χ2n) is 4.52. The van der Waals surface area contributed by atoms with Gasteiger partial charge in [0.2, 0.25) is 0 Å². The first-order chi connectivity index (χ1) is 8.09. The SMILES string of the molecule is O=C(O)c1ccnc(NCC2(O)CCCC2)c1. The van der Waals surface area contributed by atoms with E-state index in [4.69, 9.17) is 5.11 Å². The highest BCUT2D eigenvalue weighted by Gasteiger charge is 2.30. The summed E-state index contributed by atoms with van der Waals surface area (Å²) in [7, 11) is 0. The highest BCUT2D eigenvalue weighted by atomic mass is 16.4. The van der Waals surface area contributed by atoms with Crippen LogP contribution in [0, 0.1) is 0 Å². The fourth-order valence-electron chi connectivity index (χ4n) is 2.13. The van der Waals surface area contributed by atoms with Gasteiger partial charge in [-0.3, -0.25) is 0 Å². The molecule has 1 aromatic rings. The number of nitrogens with one attached hydrogen (secondary N) is 1. The Morgan fingerprint density at radius 3 is 2.82 bits per heavy atom. The third-order valence-electron chi connectivity index (χ3n) is 3.14. The van der Waals surface area contributed by atoms with Crippen molar-refractivity contribution in [3.8, 4) is 0 Å². The Kier molecular flexibility index (Phi) is 3.28. The van der Waals surface area contributed by atoms with Crippen LogP contribution in [0.25, 0.3) is 0 Å². The molecule has 0 amide bonds. The number of rotatable bonds is 4. The lowest BCUT2D eigenvalue weighted by atomic mass is 10.0. The zero-order chi connectivity index (χ0) is 12.3. The molecule has 1 fully saturated rings. The second-order valence-corrected chi connectivity index (χ2v) is 4.52. The first-order valence-electron chi connectivity index (χ1n) is 5.75. The van der Waals surface area contributed by atoms with Crippen LogP contribution in [0.3, 0.4) is 0 Å². The van der Waals surface area contributed by atoms with Gasteiger partial charge in [0.25, 0.3) is 0 Å². The normalized spacial score (nSPS) is 17.9. The number of anilines is 1. The Morgan fingerprint density at radius 2 is 2.18 bits per heavy atom. The summed E-state index contributed by atoms with van der Waals surface area (Å²) < 4.78 is 0. The zero-order valence-corrected chi connectivity index (χ0v) is 9.52. The number of carboxylic acids is 1. The molecule has 2 rings (SSSR count). The summed E-state index contributed by atoms with van der Waals surface area (Å²) in [5.41, 5.74) is -0.470. The number of carbonyl (C=O) groups is 1. The van der Waals surface area contributed by atoms with E-state index in [-0.39, 0.29) is 5.56 Å². The van der Waals surface area contributed by atoms with Gasteiger partial charge in [-0.05, 0) is 25.0 Å². The molecule has 92 valence electrons. The third kappa shape index (κ3) is 2.94. The van der Waals surface area contributed by atoms with Crippen LogP contribution in [0.4, 0.5) is 5.82 Å². The maximum atomic E-state index is 10.8. The van der Waals surface area contributed by atoms with Crippen molar-refractivity contribution in [2.75, 3.05) is 11.9 Å². The summed E-state index contributed by atoms with van der Waals surface area (Å²) >= 11 is 0. The van der Waals surface area contributed by atoms with E-state index in [0.717, 1.165) is 25.7 Å². The van der Waals surface area contributed by atoms with Crippen molar-refractivity contribution in [1.29, 1.82) is 0 Å². The number of aromatic nitrogens is 1. The topological polar surface area (TPSA) is 82.5 Å². The van der Waals surface area contributed by atoms with Gasteiger partial charge < -0.3 is 15.5 Å². The minimum absolute atomic E-state index is 0.195. The van der Waals surface area contributed by atoms with E-state index in [1.54, 1.807) is 0 Å². The Morgan fingerprint density at radius 1 is 1.47 bits per heavy atom. The molecule has 0 aliphatic heterocycles. The van der Waals surface area contributed by atoms with Crippen LogP contribution in [-0.2, 0) is 0 Å². The van der Waals surface area contributed by atoms with Crippen molar-refractivity contribution in [2.24, 2.45) is 0 Å². The largest absolute Gasteiger partial charge is 0.478 e. The van der Waals surface area contributed by atoms with Crippen LogP contribution in [0.5, 0.6) is 0 Å². The zero-order valence-electron chi connectivity index (χ0n) is 9.52. The Hall–Kier alpha value is -1.62. The summed E-state index contributed by atoms with van der Waals surface area (Å²) in [6.07, 6.45) is 5.11. The van der Waals surface area contributed by atoms with Gasteiger partial charge in [-0.1, -0.05) is 12.8 Å². The fraction of sp³-hybridized carbons (Fsp3) is 0.500. The molecule has 1 saturated carbocycles. The minimum Gasteiger partial charge on any atom is -0.478 e. The van der Waals surface area contributed by atoms with E-state index in [2.05, 4.69) is 10.3 Å². The highest BCUT2D eigenvalue weighted by molar-refractivity contribution is 5.88. The number of aromatic carboxylic acids is 1. The maximum Gasteiger partial charge on any atom is 0.335 e. The molecule has 0 atom stereocenters. The van der Waals surface area contributed by atoms with Gasteiger partial charge in [-0.15, -0.1) is 0 Å². The van der Waals surface area contributed by atoms with Gasteiger partial charge in [-0.25, -0.2) is 9.78 Å². The van der Waals surface area contributed by atoms with Crippen molar-refractivity contribution in [3.63, 3.8) is 0 Å². The van der Waals surface area contributed by atoms with Crippen LogP contribution >= 0.6 is 0 Å². The molecular formula is C12H16N2O3. The van der Waals surface area contributed by atoms with Crippen LogP contribution in [0.15, 0.2) is 18.3 Å². The molecule has 5 heteroatoms. The number of hydrogen-bond donors (Lipinski definition) is 3. The quantitative estimate of drug-likeness (QED) is 0.738. The predicted molar refractivity (Wildman–Crippen MR) is 63.1 cm³/mol. The molecule has 0 spiro atoms. The molecule has 1 aromatic heterocycles. The van der Waals surface area contributed by atoms with Crippen LogP contribution in [0.1, 0.15) is 36.0 Å². The molecule has 0 saturated heterocycles. The Bertz CT molecular complexity index is 414. The van der Waals surface area contributed by atoms with Gasteiger partial charge in [-0.2, -0.15) is 0 Å². The molecule has 3 N–H and O–H groups in total. The summed E-state index contributed by atoms with van der Waals surface area (Å²) in [5.74, 6) is -0.486. The summed E-state index contributed by atoms with van der Waals surface area (Å²) in [5, 5.41) is 22.0. The van der Waals surface area contributed by atoms with Crippen molar-refractivity contribution in [1.82, 2.24) is 4.98 Å². The summed E-state index contributed by atoms with van der Waals surface area (Å²) in [4.78, 5) is 14.8. The van der Waals surface area contributed by atoms with E-state index in [1.165, 1.54) is 18.3 Å². The molecule has 0 bridgehead atoms. The lowest BCUT2D eigenvalue weighted by Gasteiger charge is -2.22.